The van der Waals surface area contributed by atoms with E-state index in [9.17, 15) is 0 Å². The quantitative estimate of drug-likeness (QED) is 0.176. The lowest BCUT2D eigenvalue weighted by Crippen LogP contribution is -2.10. The van der Waals surface area contributed by atoms with Crippen LogP contribution in [-0.4, -0.2) is 0 Å². The maximum Gasteiger partial charge on any atom is 0.0467 e. The van der Waals surface area contributed by atoms with Gasteiger partial charge in [0.25, 0.3) is 0 Å². The first-order valence-electron chi connectivity index (χ1n) is 16.1. The van der Waals surface area contributed by atoms with E-state index in [0.717, 1.165) is 17.1 Å². The van der Waals surface area contributed by atoms with Gasteiger partial charge >= 0.3 is 0 Å². The molecule has 0 radical (unpaired) electrons. The molecule has 0 N–H and O–H groups in total. The summed E-state index contributed by atoms with van der Waals surface area (Å²) in [6.07, 6.45) is 0. The normalized spacial score (nSPS) is 11.0. The van der Waals surface area contributed by atoms with E-state index in [0.29, 0.717) is 0 Å². The zero-order valence-electron chi connectivity index (χ0n) is 26.0. The van der Waals surface area contributed by atoms with Crippen LogP contribution < -0.4 is 4.90 Å². The van der Waals surface area contributed by atoms with Crippen molar-refractivity contribution in [2.75, 3.05) is 4.90 Å². The van der Waals surface area contributed by atoms with Crippen LogP contribution >= 0.6 is 0 Å². The Hall–Kier alpha value is -6.18. The van der Waals surface area contributed by atoms with Gasteiger partial charge in [0.15, 0.2) is 0 Å². The van der Waals surface area contributed by atoms with Crippen molar-refractivity contribution in [2.45, 2.75) is 0 Å². The van der Waals surface area contributed by atoms with Crippen molar-refractivity contribution >= 4 is 27.8 Å². The maximum absolute atomic E-state index is 2.38. The zero-order chi connectivity index (χ0) is 31.4. The predicted molar refractivity (Wildman–Crippen MR) is 200 cm³/mol. The Bertz CT molecular complexity index is 2300. The summed E-state index contributed by atoms with van der Waals surface area (Å²) in [5, 5.41) is 2.50. The Labute approximate surface area is 276 Å². The number of hydrogen-bond donors (Lipinski definition) is 0. The monoisotopic (exact) mass is 599 g/mol. The van der Waals surface area contributed by atoms with E-state index < -0.39 is 0 Å². The van der Waals surface area contributed by atoms with Crippen LogP contribution in [0.2, 0.25) is 0 Å². The minimum Gasteiger partial charge on any atom is -0.310 e. The third-order valence-corrected chi connectivity index (χ3v) is 8.82. The number of hydrogen-bond acceptors (Lipinski definition) is 1. The molecule has 0 unspecified atom stereocenters. The summed E-state index contributed by atoms with van der Waals surface area (Å²) in [7, 11) is 0. The lowest BCUT2D eigenvalue weighted by molar-refractivity contribution is 1.28. The first-order chi connectivity index (χ1) is 23.3. The summed E-state index contributed by atoms with van der Waals surface area (Å²) in [5.74, 6) is 0. The van der Waals surface area contributed by atoms with Crippen molar-refractivity contribution in [2.24, 2.45) is 0 Å². The minimum absolute atomic E-state index is 1.10. The molecule has 0 saturated carbocycles. The summed E-state index contributed by atoms with van der Waals surface area (Å²) >= 11 is 0. The number of benzene rings is 8. The van der Waals surface area contributed by atoms with Gasteiger partial charge < -0.3 is 4.90 Å². The predicted octanol–water partition coefficient (Wildman–Crippen LogP) is 13.0. The van der Waals surface area contributed by atoms with Crippen LogP contribution in [-0.2, 0) is 0 Å². The van der Waals surface area contributed by atoms with Gasteiger partial charge in [-0.1, -0.05) is 158 Å². The molecular weight excluding hydrogens is 567 g/mol. The van der Waals surface area contributed by atoms with Crippen LogP contribution in [0.15, 0.2) is 200 Å². The molecule has 0 heterocycles. The molecule has 0 aliphatic heterocycles. The number of nitrogens with zero attached hydrogens (tertiary/aromatic N) is 1. The molecule has 0 amide bonds. The topological polar surface area (TPSA) is 3.24 Å². The van der Waals surface area contributed by atoms with E-state index in [2.05, 4.69) is 205 Å². The smallest absolute Gasteiger partial charge is 0.0467 e. The molecule has 8 aromatic rings. The Kier molecular flexibility index (Phi) is 7.63. The molecule has 0 fully saturated rings. The van der Waals surface area contributed by atoms with Crippen LogP contribution in [0.25, 0.3) is 55.3 Å². The van der Waals surface area contributed by atoms with E-state index in [1.165, 1.54) is 55.3 Å². The van der Waals surface area contributed by atoms with E-state index in [-0.39, 0.29) is 0 Å². The van der Waals surface area contributed by atoms with Crippen LogP contribution in [0, 0.1) is 0 Å². The Balaban J connectivity index is 1.27. The van der Waals surface area contributed by atoms with E-state index in [4.69, 9.17) is 0 Å². The first kappa shape index (κ1) is 28.3. The average molecular weight is 600 g/mol. The summed E-state index contributed by atoms with van der Waals surface area (Å²) in [6, 6.07) is 71.9. The summed E-state index contributed by atoms with van der Waals surface area (Å²) < 4.78 is 0. The molecule has 1 heteroatoms. The molecule has 0 saturated heterocycles. The largest absolute Gasteiger partial charge is 0.310 e. The standard InChI is InChI=1S/C46H33N/c1-3-14-34(15-4-1)37-20-9-21-38(30-37)40-23-11-26-43(32-40)47(42-25-10-22-39(31-42)35-16-5-2-6-17-35)44-27-12-24-41(33-44)46-29-13-19-36-18-7-8-28-45(36)46/h1-33H. The van der Waals surface area contributed by atoms with Gasteiger partial charge in [-0.05, 0) is 97.7 Å². The molecule has 0 aliphatic rings. The highest BCUT2D eigenvalue weighted by Crippen LogP contribution is 2.40. The van der Waals surface area contributed by atoms with Crippen LogP contribution in [0.1, 0.15) is 0 Å². The lowest BCUT2D eigenvalue weighted by Gasteiger charge is -2.27. The molecule has 1 nitrogen and oxygen atoms in total. The molecule has 0 bridgehead atoms. The van der Waals surface area contributed by atoms with Crippen molar-refractivity contribution in [1.82, 2.24) is 0 Å². The fourth-order valence-corrected chi connectivity index (χ4v) is 6.53. The van der Waals surface area contributed by atoms with Crippen LogP contribution in [0.3, 0.4) is 0 Å². The number of rotatable bonds is 7. The lowest BCUT2D eigenvalue weighted by atomic mass is 9.97. The van der Waals surface area contributed by atoms with Crippen molar-refractivity contribution < 1.29 is 0 Å². The Morgan fingerprint density at radius 1 is 0.255 bits per heavy atom. The second-order valence-corrected chi connectivity index (χ2v) is 11.8. The second kappa shape index (κ2) is 12.7. The molecule has 8 aromatic carbocycles. The maximum atomic E-state index is 2.38. The molecule has 222 valence electrons. The zero-order valence-corrected chi connectivity index (χ0v) is 26.0. The summed E-state index contributed by atoms with van der Waals surface area (Å²) in [5.41, 5.74) is 12.9. The molecule has 8 rings (SSSR count). The Morgan fingerprint density at radius 2 is 0.638 bits per heavy atom. The fraction of sp³-hybridized carbons (Fsp3) is 0. The van der Waals surface area contributed by atoms with Gasteiger partial charge in [-0.25, -0.2) is 0 Å². The first-order valence-corrected chi connectivity index (χ1v) is 16.1. The van der Waals surface area contributed by atoms with Gasteiger partial charge in [-0.15, -0.1) is 0 Å². The van der Waals surface area contributed by atoms with Crippen molar-refractivity contribution in [1.29, 1.82) is 0 Å². The molecule has 0 aliphatic carbocycles. The third kappa shape index (κ3) is 5.83. The molecule has 47 heavy (non-hydrogen) atoms. The van der Waals surface area contributed by atoms with Crippen molar-refractivity contribution in [3.8, 4) is 44.5 Å². The van der Waals surface area contributed by atoms with Crippen molar-refractivity contribution in [3.63, 3.8) is 0 Å². The third-order valence-electron chi connectivity index (χ3n) is 8.82. The van der Waals surface area contributed by atoms with E-state index in [1.54, 1.807) is 0 Å². The average Bonchev–Trinajstić information content (AvgIpc) is 3.16. The number of fused-ring (bicyclic) bond motifs is 1. The Morgan fingerprint density at radius 3 is 1.26 bits per heavy atom. The SMILES string of the molecule is c1ccc(-c2cccc(-c3cccc(N(c4cccc(-c5ccccc5)c4)c4cccc(-c5cccc6ccccc56)c4)c3)c2)cc1. The molecule has 0 spiro atoms. The molecule has 0 aromatic heterocycles. The summed E-state index contributed by atoms with van der Waals surface area (Å²) in [4.78, 5) is 2.38. The highest BCUT2D eigenvalue weighted by Gasteiger charge is 2.16. The number of anilines is 3. The van der Waals surface area contributed by atoms with Gasteiger partial charge in [0.05, 0.1) is 0 Å². The van der Waals surface area contributed by atoms with E-state index >= 15 is 0 Å². The molecular formula is C46H33N. The van der Waals surface area contributed by atoms with Crippen molar-refractivity contribution in [3.05, 3.63) is 200 Å². The van der Waals surface area contributed by atoms with Gasteiger partial charge in [-0.2, -0.15) is 0 Å². The molecule has 0 atom stereocenters. The van der Waals surface area contributed by atoms with E-state index in [1.807, 2.05) is 0 Å². The fourth-order valence-electron chi connectivity index (χ4n) is 6.53. The van der Waals surface area contributed by atoms with Gasteiger partial charge in [0, 0.05) is 17.1 Å². The van der Waals surface area contributed by atoms with Crippen LogP contribution in [0.4, 0.5) is 17.1 Å². The van der Waals surface area contributed by atoms with Gasteiger partial charge in [0.2, 0.25) is 0 Å². The van der Waals surface area contributed by atoms with Gasteiger partial charge in [0.1, 0.15) is 0 Å². The highest BCUT2D eigenvalue weighted by atomic mass is 15.1. The van der Waals surface area contributed by atoms with Gasteiger partial charge in [-0.3, -0.25) is 0 Å². The highest BCUT2D eigenvalue weighted by molar-refractivity contribution is 5.97. The van der Waals surface area contributed by atoms with Crippen LogP contribution in [0.5, 0.6) is 0 Å². The second-order valence-electron chi connectivity index (χ2n) is 11.8. The summed E-state index contributed by atoms with van der Waals surface area (Å²) in [6.45, 7) is 0. The minimum atomic E-state index is 1.10.